The van der Waals surface area contributed by atoms with Crippen LogP contribution in [0.1, 0.15) is 27.6 Å². The third-order valence-electron chi connectivity index (χ3n) is 1.61. The normalized spacial score (nSPS) is 9.07. The maximum absolute atomic E-state index is 11.0. The molecule has 0 unspecified atom stereocenters. The van der Waals surface area contributed by atoms with Crippen LogP contribution in [0.3, 0.4) is 0 Å². The number of rotatable bonds is 2. The Labute approximate surface area is 115 Å². The second kappa shape index (κ2) is 5.93. The van der Waals surface area contributed by atoms with Crippen LogP contribution < -0.4 is 0 Å². The first-order valence-corrected chi connectivity index (χ1v) is 4.38. The van der Waals surface area contributed by atoms with Crippen LogP contribution in [0.25, 0.3) is 0 Å². The number of hydrogen-bond donors (Lipinski definition) is 1. The van der Waals surface area contributed by atoms with E-state index in [9.17, 15) is 9.59 Å². The molecule has 0 aliphatic carbocycles. The van der Waals surface area contributed by atoms with E-state index in [2.05, 4.69) is 12.6 Å². The molecule has 0 atom stereocenters. The molecule has 0 bridgehead atoms. The van der Waals surface area contributed by atoms with Crippen molar-refractivity contribution in [2.45, 2.75) is 11.8 Å². The van der Waals surface area contributed by atoms with Crippen LogP contribution in [0.15, 0.2) is 23.1 Å². The first kappa shape index (κ1) is 14.2. The molecular formula is C9H8ClNaO2S. The summed E-state index contributed by atoms with van der Waals surface area (Å²) in [6, 6.07) is 4.63. The molecule has 1 rings (SSSR count). The molecule has 14 heavy (non-hydrogen) atoms. The van der Waals surface area contributed by atoms with Gasteiger partial charge >= 0.3 is 29.6 Å². The Kier molecular flexibility index (Phi) is 6.02. The van der Waals surface area contributed by atoms with E-state index in [1.165, 1.54) is 13.0 Å². The van der Waals surface area contributed by atoms with Gasteiger partial charge in [0.2, 0.25) is 0 Å². The molecule has 0 fully saturated rings. The van der Waals surface area contributed by atoms with Gasteiger partial charge in [0, 0.05) is 16.0 Å². The van der Waals surface area contributed by atoms with Crippen LogP contribution in [-0.4, -0.2) is 40.6 Å². The summed E-state index contributed by atoms with van der Waals surface area (Å²) in [6.45, 7) is 1.43. The van der Waals surface area contributed by atoms with Crippen LogP contribution in [0.4, 0.5) is 0 Å². The van der Waals surface area contributed by atoms with Crippen LogP contribution in [0, 0.1) is 0 Å². The number of hydrogen-bond acceptors (Lipinski definition) is 3. The summed E-state index contributed by atoms with van der Waals surface area (Å²) in [6.07, 6.45) is 0. The fourth-order valence-electron chi connectivity index (χ4n) is 0.912. The van der Waals surface area contributed by atoms with E-state index >= 15 is 0 Å². The van der Waals surface area contributed by atoms with Gasteiger partial charge in [-0.25, -0.2) is 0 Å². The fraction of sp³-hybridized carbons (Fsp3) is 0.111. The number of halogens is 1. The van der Waals surface area contributed by atoms with Gasteiger partial charge in [0.1, 0.15) is 0 Å². The summed E-state index contributed by atoms with van der Waals surface area (Å²) in [5, 5.41) is -0.604. The Morgan fingerprint density at radius 2 is 1.93 bits per heavy atom. The van der Waals surface area contributed by atoms with E-state index in [0.717, 1.165) is 0 Å². The molecular weight excluding hydrogens is 231 g/mol. The Hall–Kier alpha value is 0.200. The molecule has 1 aromatic rings. The third-order valence-corrected chi connectivity index (χ3v) is 2.21. The Balaban J connectivity index is 0.00000169. The topological polar surface area (TPSA) is 34.1 Å². The average molecular weight is 239 g/mol. The Morgan fingerprint density at radius 3 is 2.36 bits per heavy atom. The Bertz CT molecular complexity index is 379. The van der Waals surface area contributed by atoms with E-state index in [4.69, 9.17) is 11.6 Å². The molecule has 0 N–H and O–H groups in total. The van der Waals surface area contributed by atoms with Crippen molar-refractivity contribution in [3.8, 4) is 0 Å². The van der Waals surface area contributed by atoms with Crippen molar-refractivity contribution < 1.29 is 9.59 Å². The summed E-state index contributed by atoms with van der Waals surface area (Å²) in [7, 11) is 0. The SMILES string of the molecule is CC(=O)c1ccc(S)c(C(=O)Cl)c1.[NaH]. The van der Waals surface area contributed by atoms with Crippen molar-refractivity contribution in [2.24, 2.45) is 0 Å². The van der Waals surface area contributed by atoms with Gasteiger partial charge in [-0.3, -0.25) is 9.59 Å². The number of carbonyl (C=O) groups is 2. The number of thiol groups is 1. The summed E-state index contributed by atoms with van der Waals surface area (Å²) >= 11 is 9.32. The maximum atomic E-state index is 11.0. The molecule has 0 saturated carbocycles. The van der Waals surface area contributed by atoms with Gasteiger partial charge in [-0.15, -0.1) is 12.6 Å². The van der Waals surface area contributed by atoms with Crippen molar-refractivity contribution in [2.75, 3.05) is 0 Å². The number of Topliss-reactive ketones (excluding diaryl/α,β-unsaturated/α-hetero) is 1. The summed E-state index contributed by atoms with van der Waals surface area (Å²) < 4.78 is 0. The second-order valence-electron chi connectivity index (χ2n) is 2.56. The molecule has 0 aliphatic rings. The molecule has 0 aromatic heterocycles. The third kappa shape index (κ3) is 3.41. The van der Waals surface area contributed by atoms with E-state index in [-0.39, 0.29) is 40.9 Å². The molecule has 0 aliphatic heterocycles. The van der Waals surface area contributed by atoms with Crippen molar-refractivity contribution in [3.05, 3.63) is 29.3 Å². The van der Waals surface area contributed by atoms with Crippen LogP contribution in [-0.2, 0) is 0 Å². The van der Waals surface area contributed by atoms with Gasteiger partial charge < -0.3 is 0 Å². The van der Waals surface area contributed by atoms with Crippen molar-refractivity contribution in [3.63, 3.8) is 0 Å². The van der Waals surface area contributed by atoms with Gasteiger partial charge in [-0.2, -0.15) is 0 Å². The summed E-state index contributed by atoms with van der Waals surface area (Å²) in [5.74, 6) is -0.104. The quantitative estimate of drug-likeness (QED) is 0.370. The predicted octanol–water partition coefficient (Wildman–Crippen LogP) is 1.91. The Morgan fingerprint density at radius 1 is 1.36 bits per heavy atom. The molecule has 0 amide bonds. The van der Waals surface area contributed by atoms with E-state index in [0.29, 0.717) is 10.5 Å². The molecule has 2 nitrogen and oxygen atoms in total. The van der Waals surface area contributed by atoms with Crippen LogP contribution in [0.2, 0.25) is 0 Å². The fourth-order valence-corrected chi connectivity index (χ4v) is 1.38. The van der Waals surface area contributed by atoms with Gasteiger partial charge in [-0.1, -0.05) is 6.07 Å². The average Bonchev–Trinajstić information content (AvgIpc) is 2.04. The van der Waals surface area contributed by atoms with Crippen LogP contribution in [0.5, 0.6) is 0 Å². The minimum absolute atomic E-state index is 0. The predicted molar refractivity (Wildman–Crippen MR) is 61.0 cm³/mol. The molecule has 5 heteroatoms. The van der Waals surface area contributed by atoms with Crippen molar-refractivity contribution >= 4 is 64.8 Å². The molecule has 0 saturated heterocycles. The molecule has 0 heterocycles. The zero-order valence-corrected chi connectivity index (χ0v) is 8.52. The van der Waals surface area contributed by atoms with Gasteiger partial charge in [0.25, 0.3) is 5.24 Å². The van der Waals surface area contributed by atoms with E-state index < -0.39 is 5.24 Å². The van der Waals surface area contributed by atoms with Crippen LogP contribution >= 0.6 is 24.2 Å². The second-order valence-corrected chi connectivity index (χ2v) is 3.39. The van der Waals surface area contributed by atoms with E-state index in [1.807, 2.05) is 0 Å². The zero-order valence-electron chi connectivity index (χ0n) is 6.87. The summed E-state index contributed by atoms with van der Waals surface area (Å²) in [4.78, 5) is 22.3. The number of carbonyl (C=O) groups excluding carboxylic acids is 2. The number of benzene rings is 1. The van der Waals surface area contributed by atoms with Gasteiger partial charge in [0.05, 0.1) is 0 Å². The standard InChI is InChI=1S/C9H7ClO2S.Na.H/c1-5(11)6-2-3-8(13)7(4-6)9(10)12;;/h2-4,13H,1H3;;. The summed E-state index contributed by atoms with van der Waals surface area (Å²) in [5.41, 5.74) is 0.722. The first-order valence-electron chi connectivity index (χ1n) is 3.56. The molecule has 0 spiro atoms. The zero-order chi connectivity index (χ0) is 10.0. The first-order chi connectivity index (χ1) is 6.02. The molecule has 70 valence electrons. The molecule has 0 radical (unpaired) electrons. The van der Waals surface area contributed by atoms with Crippen molar-refractivity contribution in [1.29, 1.82) is 0 Å². The van der Waals surface area contributed by atoms with Gasteiger partial charge in [-0.05, 0) is 30.7 Å². The van der Waals surface area contributed by atoms with Gasteiger partial charge in [0.15, 0.2) is 5.78 Å². The van der Waals surface area contributed by atoms with E-state index in [1.54, 1.807) is 12.1 Å². The number of ketones is 1. The molecule has 1 aromatic carbocycles. The monoisotopic (exact) mass is 238 g/mol. The minimum atomic E-state index is -0.604. The van der Waals surface area contributed by atoms with Crippen molar-refractivity contribution in [1.82, 2.24) is 0 Å².